The van der Waals surface area contributed by atoms with Crippen LogP contribution in [0.5, 0.6) is 0 Å². The Morgan fingerprint density at radius 1 is 1.07 bits per heavy atom. The van der Waals surface area contributed by atoms with Gasteiger partial charge in [-0.25, -0.2) is 4.79 Å². The Hall–Kier alpha value is -2.63. The lowest BCUT2D eigenvalue weighted by atomic mass is 9.63. The number of nitrogens with zero attached hydrogens (tertiary/aromatic N) is 1. The fourth-order valence-electron chi connectivity index (χ4n) is 4.76. The van der Waals surface area contributed by atoms with Crippen molar-refractivity contribution < 1.29 is 14.4 Å². The van der Waals surface area contributed by atoms with Crippen molar-refractivity contribution in [2.75, 3.05) is 18.4 Å². The molecule has 142 valence electrons. The number of likely N-dealkylation sites (tertiary alicyclic amines) is 1. The standard InChI is InChI=1S/C21H25N3O3/c1-12-3-8-16(13(2)11-12)23-21(27)22-9-10-24-19(25)17-14-4-5-15(7-6-14)18(17)20(24)26/h3-5,8,11,14-15,17-18H,6-7,9-10H2,1-2H3,(H2,22,23,27)/t14-,15-,17-,18+/m0/s1. The number of hydrogen-bond donors (Lipinski definition) is 2. The third kappa shape index (κ3) is 3.13. The van der Waals surface area contributed by atoms with Crippen LogP contribution < -0.4 is 10.6 Å². The number of carbonyl (C=O) groups excluding carboxylic acids is 3. The minimum Gasteiger partial charge on any atom is -0.336 e. The highest BCUT2D eigenvalue weighted by molar-refractivity contribution is 6.06. The molecule has 0 spiro atoms. The molecule has 2 N–H and O–H groups in total. The lowest BCUT2D eigenvalue weighted by molar-refractivity contribution is -0.140. The van der Waals surface area contributed by atoms with Gasteiger partial charge in [0, 0.05) is 18.8 Å². The van der Waals surface area contributed by atoms with Crippen LogP contribution in [0.15, 0.2) is 30.4 Å². The molecular weight excluding hydrogens is 342 g/mol. The number of imide groups is 1. The Morgan fingerprint density at radius 3 is 2.26 bits per heavy atom. The molecule has 4 amide bonds. The minimum atomic E-state index is -0.333. The van der Waals surface area contributed by atoms with Gasteiger partial charge in [0.25, 0.3) is 0 Å². The number of allylic oxidation sites excluding steroid dienone is 2. The molecule has 4 aliphatic rings. The van der Waals surface area contributed by atoms with E-state index >= 15 is 0 Å². The summed E-state index contributed by atoms with van der Waals surface area (Å²) in [5.74, 6) is -0.124. The molecule has 0 radical (unpaired) electrons. The van der Waals surface area contributed by atoms with Gasteiger partial charge in [0.05, 0.1) is 11.8 Å². The van der Waals surface area contributed by atoms with Gasteiger partial charge in [0.15, 0.2) is 0 Å². The predicted octanol–water partition coefficient (Wildman–Crippen LogP) is 2.62. The third-order valence-electron chi connectivity index (χ3n) is 6.10. The zero-order chi connectivity index (χ0) is 19.1. The van der Waals surface area contributed by atoms with Gasteiger partial charge in [0.2, 0.25) is 11.8 Å². The molecule has 4 atom stereocenters. The third-order valence-corrected chi connectivity index (χ3v) is 6.10. The second-order valence-electron chi connectivity index (χ2n) is 7.87. The summed E-state index contributed by atoms with van der Waals surface area (Å²) in [6.45, 7) is 4.41. The highest BCUT2D eigenvalue weighted by atomic mass is 16.2. The number of anilines is 1. The lowest BCUT2D eigenvalue weighted by Crippen LogP contribution is -2.40. The van der Waals surface area contributed by atoms with E-state index in [2.05, 4.69) is 22.8 Å². The molecule has 1 aromatic carbocycles. The number of nitrogens with one attached hydrogen (secondary N) is 2. The molecule has 6 heteroatoms. The molecule has 2 fully saturated rings. The smallest absolute Gasteiger partial charge is 0.319 e. The maximum Gasteiger partial charge on any atom is 0.319 e. The van der Waals surface area contributed by atoms with Crippen LogP contribution >= 0.6 is 0 Å². The normalized spacial score (nSPS) is 28.4. The number of hydrogen-bond acceptors (Lipinski definition) is 3. The predicted molar refractivity (Wildman–Crippen MR) is 102 cm³/mol. The number of carbonyl (C=O) groups is 3. The van der Waals surface area contributed by atoms with E-state index in [0.717, 1.165) is 29.7 Å². The Balaban J connectivity index is 1.32. The van der Waals surface area contributed by atoms with Gasteiger partial charge in [-0.15, -0.1) is 0 Å². The maximum absolute atomic E-state index is 12.7. The van der Waals surface area contributed by atoms with Gasteiger partial charge in [-0.1, -0.05) is 29.8 Å². The highest BCUT2D eigenvalue weighted by Gasteiger charge is 2.56. The zero-order valence-corrected chi connectivity index (χ0v) is 15.7. The molecule has 2 bridgehead atoms. The van der Waals surface area contributed by atoms with E-state index in [9.17, 15) is 14.4 Å². The maximum atomic E-state index is 12.7. The van der Waals surface area contributed by atoms with Crippen LogP contribution in [-0.4, -0.2) is 35.8 Å². The first-order chi connectivity index (χ1) is 13.0. The van der Waals surface area contributed by atoms with Crippen LogP contribution in [0.4, 0.5) is 10.5 Å². The molecule has 0 unspecified atom stereocenters. The van der Waals surface area contributed by atoms with Gasteiger partial charge in [0.1, 0.15) is 0 Å². The summed E-state index contributed by atoms with van der Waals surface area (Å²) < 4.78 is 0. The monoisotopic (exact) mass is 367 g/mol. The van der Waals surface area contributed by atoms with E-state index in [1.165, 1.54) is 4.90 Å². The molecule has 1 saturated carbocycles. The topological polar surface area (TPSA) is 78.5 Å². The molecule has 1 saturated heterocycles. The summed E-state index contributed by atoms with van der Waals surface area (Å²) in [6.07, 6.45) is 6.21. The van der Waals surface area contributed by atoms with E-state index in [1.54, 1.807) is 0 Å². The van der Waals surface area contributed by atoms with Crippen LogP contribution in [0.3, 0.4) is 0 Å². The van der Waals surface area contributed by atoms with Crippen LogP contribution in [0.25, 0.3) is 0 Å². The average Bonchev–Trinajstić information content (AvgIpc) is 2.92. The van der Waals surface area contributed by atoms with Crippen molar-refractivity contribution in [3.8, 4) is 0 Å². The molecule has 6 nitrogen and oxygen atoms in total. The van der Waals surface area contributed by atoms with Gasteiger partial charge in [-0.3, -0.25) is 14.5 Å². The summed E-state index contributed by atoms with van der Waals surface area (Å²) in [5.41, 5.74) is 2.87. The first kappa shape index (κ1) is 17.8. The van der Waals surface area contributed by atoms with Crippen molar-refractivity contribution in [3.05, 3.63) is 41.5 Å². The largest absolute Gasteiger partial charge is 0.336 e. The number of amides is 4. The molecule has 0 aromatic heterocycles. The average molecular weight is 367 g/mol. The van der Waals surface area contributed by atoms with Gasteiger partial charge in [-0.05, 0) is 50.2 Å². The Labute approximate surface area is 159 Å². The molecule has 1 heterocycles. The number of fused-ring (bicyclic) bond motifs is 1. The molecule has 1 aromatic rings. The fraction of sp³-hybridized carbons (Fsp3) is 0.476. The minimum absolute atomic E-state index is 0.0689. The van der Waals surface area contributed by atoms with E-state index < -0.39 is 0 Å². The molecule has 27 heavy (non-hydrogen) atoms. The van der Waals surface area contributed by atoms with Gasteiger partial charge in [-0.2, -0.15) is 0 Å². The van der Waals surface area contributed by atoms with Crippen LogP contribution in [0.1, 0.15) is 24.0 Å². The number of benzene rings is 1. The second-order valence-corrected chi connectivity index (χ2v) is 7.87. The summed E-state index contributed by atoms with van der Waals surface area (Å²) >= 11 is 0. The van der Waals surface area contributed by atoms with Crippen molar-refractivity contribution in [1.82, 2.24) is 10.2 Å². The SMILES string of the molecule is Cc1ccc(NC(=O)NCCN2C(=O)[C@@H]3[C@H](C2=O)[C@H]2C=C[C@H]3CC2)c(C)c1. The van der Waals surface area contributed by atoms with E-state index in [1.807, 2.05) is 32.0 Å². The Morgan fingerprint density at radius 2 is 1.70 bits per heavy atom. The first-order valence-electron chi connectivity index (χ1n) is 9.61. The van der Waals surface area contributed by atoms with Crippen LogP contribution in [0.2, 0.25) is 0 Å². The van der Waals surface area contributed by atoms with Gasteiger partial charge >= 0.3 is 6.03 Å². The summed E-state index contributed by atoms with van der Waals surface area (Å²) in [6, 6.07) is 5.47. The van der Waals surface area contributed by atoms with Crippen molar-refractivity contribution >= 4 is 23.5 Å². The van der Waals surface area contributed by atoms with Crippen molar-refractivity contribution in [1.29, 1.82) is 0 Å². The molecule has 5 rings (SSSR count). The summed E-state index contributed by atoms with van der Waals surface area (Å²) in [5, 5.41) is 5.56. The Kier molecular flexibility index (Phi) is 4.50. The summed E-state index contributed by atoms with van der Waals surface area (Å²) in [7, 11) is 0. The van der Waals surface area contributed by atoms with Crippen molar-refractivity contribution in [3.63, 3.8) is 0 Å². The first-order valence-corrected chi connectivity index (χ1v) is 9.61. The van der Waals surface area contributed by atoms with Crippen molar-refractivity contribution in [2.24, 2.45) is 23.7 Å². The summed E-state index contributed by atoms with van der Waals surface area (Å²) in [4.78, 5) is 38.9. The molecular formula is C21H25N3O3. The number of aryl methyl sites for hydroxylation is 2. The van der Waals surface area contributed by atoms with E-state index in [0.29, 0.717) is 0 Å². The van der Waals surface area contributed by atoms with Crippen LogP contribution in [0, 0.1) is 37.5 Å². The van der Waals surface area contributed by atoms with E-state index in [-0.39, 0.29) is 54.6 Å². The molecule has 1 aliphatic heterocycles. The van der Waals surface area contributed by atoms with Crippen LogP contribution in [-0.2, 0) is 9.59 Å². The molecule has 3 aliphatic carbocycles. The lowest BCUT2D eigenvalue weighted by Gasteiger charge is -2.38. The second kappa shape index (κ2) is 6.83. The van der Waals surface area contributed by atoms with Gasteiger partial charge < -0.3 is 10.6 Å². The quantitative estimate of drug-likeness (QED) is 0.634. The zero-order valence-electron chi connectivity index (χ0n) is 15.7. The van der Waals surface area contributed by atoms with Crippen molar-refractivity contribution in [2.45, 2.75) is 26.7 Å². The fourth-order valence-corrected chi connectivity index (χ4v) is 4.76. The Bertz CT molecular complexity index is 800. The van der Waals surface area contributed by atoms with E-state index in [4.69, 9.17) is 0 Å². The number of rotatable bonds is 4. The number of urea groups is 1. The highest BCUT2D eigenvalue weighted by Crippen LogP contribution is 2.49.